The number of hydrogen-bond acceptors (Lipinski definition) is 6. The predicted octanol–water partition coefficient (Wildman–Crippen LogP) is 3.13. The molecule has 3 rings (SSSR count). The van der Waals surface area contributed by atoms with Crippen LogP contribution in [0, 0.1) is 13.8 Å². The maximum Gasteiger partial charge on any atom is 0.152 e. The van der Waals surface area contributed by atoms with Gasteiger partial charge in [-0.15, -0.1) is 0 Å². The lowest BCUT2D eigenvalue weighted by atomic mass is 10.1. The van der Waals surface area contributed by atoms with Crippen LogP contribution in [-0.2, 0) is 25.9 Å². The molecule has 146 valence electrons. The number of sulfone groups is 1. The summed E-state index contributed by atoms with van der Waals surface area (Å²) in [6.45, 7) is 4.73. The number of methoxy groups -OCH3 is 2. The molecule has 1 aromatic heterocycles. The Labute approximate surface area is 156 Å². The van der Waals surface area contributed by atoms with Crippen LogP contribution < -0.4 is 5.73 Å². The standard InChI is InChI=1S/C8H11N.C6H8O2.C5H10O3S/c1-6-4-3-5-8(9)7(6)2;1-7-4-6-2-3-8-5-6;1-8-5-2-3-9(6,7)4-5/h3-5H,9H2,1-2H3;2-3,5H,4H2,1H3;5H,2-4H2,1H3/t;;5-/m..0/s1. The van der Waals surface area contributed by atoms with Crippen molar-refractivity contribution in [1.29, 1.82) is 0 Å². The summed E-state index contributed by atoms with van der Waals surface area (Å²) in [7, 11) is 0.474. The first-order valence-electron chi connectivity index (χ1n) is 8.34. The van der Waals surface area contributed by atoms with Gasteiger partial charge in [0.1, 0.15) is 0 Å². The number of aryl methyl sites for hydroxylation is 1. The molecule has 2 N–H and O–H groups in total. The molecule has 1 atom stereocenters. The van der Waals surface area contributed by atoms with Crippen molar-refractivity contribution < 1.29 is 22.3 Å². The fourth-order valence-corrected chi connectivity index (χ4v) is 3.92. The number of furan rings is 1. The van der Waals surface area contributed by atoms with E-state index >= 15 is 0 Å². The normalized spacial score (nSPS) is 17.6. The highest BCUT2D eigenvalue weighted by Gasteiger charge is 2.27. The van der Waals surface area contributed by atoms with Crippen LogP contribution in [0.25, 0.3) is 0 Å². The van der Waals surface area contributed by atoms with E-state index in [9.17, 15) is 8.42 Å². The van der Waals surface area contributed by atoms with Gasteiger partial charge in [0.15, 0.2) is 9.84 Å². The van der Waals surface area contributed by atoms with Crippen molar-refractivity contribution in [3.05, 3.63) is 53.5 Å². The molecule has 1 aliphatic rings. The molecule has 26 heavy (non-hydrogen) atoms. The first-order chi connectivity index (χ1) is 12.3. The molecule has 0 radical (unpaired) electrons. The fraction of sp³-hybridized carbons (Fsp3) is 0.474. The Kier molecular flexibility index (Phi) is 9.40. The molecule has 2 heterocycles. The Morgan fingerprint density at radius 2 is 1.96 bits per heavy atom. The van der Waals surface area contributed by atoms with Crippen molar-refractivity contribution in [2.75, 3.05) is 31.5 Å². The topological polar surface area (TPSA) is 91.8 Å². The zero-order valence-electron chi connectivity index (χ0n) is 15.9. The van der Waals surface area contributed by atoms with E-state index in [1.165, 1.54) is 11.1 Å². The van der Waals surface area contributed by atoms with Crippen LogP contribution in [0.1, 0.15) is 23.1 Å². The lowest BCUT2D eigenvalue weighted by molar-refractivity contribution is 0.124. The molecule has 0 unspecified atom stereocenters. The lowest BCUT2D eigenvalue weighted by Gasteiger charge is -2.00. The van der Waals surface area contributed by atoms with E-state index < -0.39 is 9.84 Å². The van der Waals surface area contributed by atoms with Crippen LogP contribution >= 0.6 is 0 Å². The first-order valence-corrected chi connectivity index (χ1v) is 10.2. The van der Waals surface area contributed by atoms with E-state index in [-0.39, 0.29) is 11.9 Å². The van der Waals surface area contributed by atoms with Gasteiger partial charge in [0.2, 0.25) is 0 Å². The molecule has 0 spiro atoms. The Morgan fingerprint density at radius 1 is 1.23 bits per heavy atom. The zero-order valence-corrected chi connectivity index (χ0v) is 16.7. The van der Waals surface area contributed by atoms with Gasteiger partial charge in [-0.1, -0.05) is 12.1 Å². The molecule has 0 bridgehead atoms. The van der Waals surface area contributed by atoms with Crippen LogP contribution in [-0.4, -0.2) is 40.2 Å². The maximum atomic E-state index is 10.7. The highest BCUT2D eigenvalue weighted by atomic mass is 32.2. The molecule has 2 aromatic rings. The minimum Gasteiger partial charge on any atom is -0.472 e. The maximum absolute atomic E-state index is 10.7. The number of hydrogen-bond donors (Lipinski definition) is 1. The Balaban J connectivity index is 0.000000195. The number of rotatable bonds is 3. The van der Waals surface area contributed by atoms with E-state index in [1.54, 1.807) is 26.7 Å². The SMILES string of the molecule is COCc1ccoc1.CO[C@H]1CCS(=O)(=O)C1.Cc1cccc(N)c1C. The number of ether oxygens (including phenoxy) is 2. The Hall–Kier alpha value is -1.83. The molecule has 1 aliphatic heterocycles. The number of nitrogens with two attached hydrogens (primary N) is 1. The molecule has 6 nitrogen and oxygen atoms in total. The van der Waals surface area contributed by atoms with Crippen LogP contribution in [0.2, 0.25) is 0 Å². The molecule has 1 fully saturated rings. The summed E-state index contributed by atoms with van der Waals surface area (Å²) in [6, 6.07) is 7.83. The average molecular weight is 384 g/mol. The fourth-order valence-electron chi connectivity index (χ4n) is 2.26. The van der Waals surface area contributed by atoms with Crippen molar-refractivity contribution in [3.63, 3.8) is 0 Å². The van der Waals surface area contributed by atoms with Gasteiger partial charge >= 0.3 is 0 Å². The Morgan fingerprint density at radius 3 is 2.35 bits per heavy atom. The molecule has 0 aliphatic carbocycles. The van der Waals surface area contributed by atoms with Gasteiger partial charge < -0.3 is 19.6 Å². The van der Waals surface area contributed by atoms with Crippen molar-refractivity contribution in [1.82, 2.24) is 0 Å². The minimum absolute atomic E-state index is 0.0463. The first kappa shape index (κ1) is 22.2. The van der Waals surface area contributed by atoms with Crippen molar-refractivity contribution in [2.45, 2.75) is 33.0 Å². The largest absolute Gasteiger partial charge is 0.472 e. The van der Waals surface area contributed by atoms with Crippen molar-refractivity contribution >= 4 is 15.5 Å². The van der Waals surface area contributed by atoms with Crippen molar-refractivity contribution in [3.8, 4) is 0 Å². The average Bonchev–Trinajstić information content (AvgIpc) is 3.23. The van der Waals surface area contributed by atoms with Crippen LogP contribution in [0.15, 0.2) is 41.2 Å². The van der Waals surface area contributed by atoms with Gasteiger partial charge in [-0.25, -0.2) is 8.42 Å². The molecule has 7 heteroatoms. The van der Waals surface area contributed by atoms with E-state index in [4.69, 9.17) is 19.6 Å². The third-order valence-electron chi connectivity index (χ3n) is 4.06. The zero-order chi connectivity index (χ0) is 19.6. The second kappa shape index (κ2) is 11.0. The second-order valence-electron chi connectivity index (χ2n) is 6.11. The van der Waals surface area contributed by atoms with Gasteiger partial charge in [-0.05, 0) is 43.5 Å². The predicted molar refractivity (Wildman–Crippen MR) is 104 cm³/mol. The second-order valence-corrected chi connectivity index (χ2v) is 8.34. The lowest BCUT2D eigenvalue weighted by Crippen LogP contribution is -2.11. The molecule has 0 amide bonds. The summed E-state index contributed by atoms with van der Waals surface area (Å²) < 4.78 is 35.9. The third-order valence-corrected chi connectivity index (χ3v) is 5.80. The van der Waals surface area contributed by atoms with Crippen LogP contribution in [0.3, 0.4) is 0 Å². The number of anilines is 1. The summed E-state index contributed by atoms with van der Waals surface area (Å²) in [5, 5.41) is 0. The monoisotopic (exact) mass is 383 g/mol. The van der Waals surface area contributed by atoms with E-state index in [2.05, 4.69) is 13.0 Å². The summed E-state index contributed by atoms with van der Waals surface area (Å²) in [5.74, 6) is 0.509. The van der Waals surface area contributed by atoms with E-state index in [1.807, 2.05) is 25.1 Å². The van der Waals surface area contributed by atoms with E-state index in [0.29, 0.717) is 18.8 Å². The van der Waals surface area contributed by atoms with Gasteiger partial charge in [-0.3, -0.25) is 0 Å². The third kappa shape index (κ3) is 8.03. The minimum atomic E-state index is -2.73. The summed E-state index contributed by atoms with van der Waals surface area (Å²) in [4.78, 5) is 0. The van der Waals surface area contributed by atoms with Gasteiger partial charge in [0, 0.05) is 25.5 Å². The van der Waals surface area contributed by atoms with Crippen LogP contribution in [0.4, 0.5) is 5.69 Å². The Bertz CT molecular complexity index is 721. The molecular weight excluding hydrogens is 354 g/mol. The highest BCUT2D eigenvalue weighted by molar-refractivity contribution is 7.91. The number of nitrogen functional groups attached to an aromatic ring is 1. The molecular formula is C19H29NO5S. The van der Waals surface area contributed by atoms with E-state index in [0.717, 1.165) is 11.3 Å². The smallest absolute Gasteiger partial charge is 0.152 e. The quantitative estimate of drug-likeness (QED) is 0.819. The molecule has 1 saturated heterocycles. The van der Waals surface area contributed by atoms with Crippen LogP contribution in [0.5, 0.6) is 0 Å². The summed E-state index contributed by atoms with van der Waals surface area (Å²) in [6.07, 6.45) is 3.92. The molecule has 1 aromatic carbocycles. The van der Waals surface area contributed by atoms with Gasteiger partial charge in [0.05, 0.1) is 36.7 Å². The van der Waals surface area contributed by atoms with Crippen molar-refractivity contribution in [2.24, 2.45) is 0 Å². The van der Waals surface area contributed by atoms with Gasteiger partial charge in [-0.2, -0.15) is 0 Å². The summed E-state index contributed by atoms with van der Waals surface area (Å²) in [5.41, 5.74) is 10.0. The molecule has 0 saturated carbocycles. The summed E-state index contributed by atoms with van der Waals surface area (Å²) >= 11 is 0. The highest BCUT2D eigenvalue weighted by Crippen LogP contribution is 2.13. The van der Waals surface area contributed by atoms with Gasteiger partial charge in [0.25, 0.3) is 0 Å². The number of benzene rings is 1.